The number of hydrogen-bond donors (Lipinski definition) is 1. The second-order valence-electron chi connectivity index (χ2n) is 7.05. The van der Waals surface area contributed by atoms with Crippen LogP contribution in [0, 0.1) is 11.8 Å². The Morgan fingerprint density at radius 3 is 2.79 bits per heavy atom. The van der Waals surface area contributed by atoms with E-state index in [9.17, 15) is 13.2 Å². The van der Waals surface area contributed by atoms with Crippen molar-refractivity contribution in [3.05, 3.63) is 27.9 Å². The van der Waals surface area contributed by atoms with E-state index in [1.807, 2.05) is 6.92 Å². The normalized spacial score (nSPS) is 26.5. The van der Waals surface area contributed by atoms with Crippen LogP contribution in [0.25, 0.3) is 10.2 Å². The zero-order chi connectivity index (χ0) is 16.9. The molecule has 2 aromatic rings. The molecule has 2 saturated carbocycles. The van der Waals surface area contributed by atoms with Crippen LogP contribution < -0.4 is 9.60 Å². The number of nitrogens with zero attached hydrogens (tertiary/aromatic N) is 1. The molecule has 0 amide bonds. The Hall–Kier alpha value is -1.18. The molecule has 1 heterocycles. The van der Waals surface area contributed by atoms with Crippen LogP contribution in [0.4, 0.5) is 0 Å². The summed E-state index contributed by atoms with van der Waals surface area (Å²) in [5.41, 5.74) is 0.825. The average Bonchev–Trinajstić information content (AvgIpc) is 3.22. The summed E-state index contributed by atoms with van der Waals surface area (Å²) >= 11 is 1.12. The molecule has 2 aliphatic carbocycles. The van der Waals surface area contributed by atoms with E-state index < -0.39 is 10.0 Å². The van der Waals surface area contributed by atoms with E-state index in [0.717, 1.165) is 47.2 Å². The lowest BCUT2D eigenvalue weighted by Crippen LogP contribution is -2.38. The van der Waals surface area contributed by atoms with Gasteiger partial charge < -0.3 is 0 Å². The van der Waals surface area contributed by atoms with Gasteiger partial charge in [-0.2, -0.15) is 0 Å². The van der Waals surface area contributed by atoms with Gasteiger partial charge in [-0.05, 0) is 55.7 Å². The molecule has 24 heavy (non-hydrogen) atoms. The number of aromatic nitrogens is 1. The number of rotatable bonds is 5. The summed E-state index contributed by atoms with van der Waals surface area (Å²) in [6.07, 6.45) is 5.38. The average molecular weight is 367 g/mol. The molecular weight excluding hydrogens is 344 g/mol. The first kappa shape index (κ1) is 16.3. The van der Waals surface area contributed by atoms with Gasteiger partial charge in [0.15, 0.2) is 0 Å². The van der Waals surface area contributed by atoms with E-state index in [-0.39, 0.29) is 15.8 Å². The van der Waals surface area contributed by atoms with Crippen molar-refractivity contribution in [1.82, 2.24) is 9.29 Å². The third-order valence-corrected chi connectivity index (χ3v) is 7.87. The first-order chi connectivity index (χ1) is 11.5. The van der Waals surface area contributed by atoms with Crippen LogP contribution in [-0.4, -0.2) is 19.0 Å². The van der Waals surface area contributed by atoms with Crippen LogP contribution in [0.2, 0.25) is 0 Å². The van der Waals surface area contributed by atoms with Crippen molar-refractivity contribution in [2.45, 2.75) is 56.5 Å². The smallest absolute Gasteiger partial charge is 0.299 e. The standard InChI is InChI=1S/C17H22N2O3S2/c1-2-7-19-15-6-5-13(10-16(15)23-17(19)20)24(21,22)18-14-9-11-3-4-12(14)8-11/h5-6,10-12,14,18H,2-4,7-9H2,1H3/t11-,12-,14+/m0/s1. The summed E-state index contributed by atoms with van der Waals surface area (Å²) in [5.74, 6) is 1.19. The quantitative estimate of drug-likeness (QED) is 0.885. The highest BCUT2D eigenvalue weighted by Gasteiger charge is 2.41. The molecular formula is C17H22N2O3S2. The van der Waals surface area contributed by atoms with Crippen molar-refractivity contribution in [1.29, 1.82) is 0 Å². The zero-order valence-electron chi connectivity index (χ0n) is 13.7. The summed E-state index contributed by atoms with van der Waals surface area (Å²) in [6.45, 7) is 2.68. The molecule has 0 unspecified atom stereocenters. The Bertz CT molecular complexity index is 929. The molecule has 0 radical (unpaired) electrons. The number of nitrogens with one attached hydrogen (secondary N) is 1. The van der Waals surface area contributed by atoms with Crippen molar-refractivity contribution >= 4 is 31.6 Å². The minimum atomic E-state index is -3.53. The summed E-state index contributed by atoms with van der Waals surface area (Å²) in [6, 6.07) is 5.10. The largest absolute Gasteiger partial charge is 0.308 e. The third-order valence-electron chi connectivity index (χ3n) is 5.44. The van der Waals surface area contributed by atoms with Gasteiger partial charge in [0.2, 0.25) is 10.0 Å². The highest BCUT2D eigenvalue weighted by atomic mass is 32.2. The predicted molar refractivity (Wildman–Crippen MR) is 95.9 cm³/mol. The van der Waals surface area contributed by atoms with E-state index in [0.29, 0.717) is 18.4 Å². The van der Waals surface area contributed by atoms with Crippen molar-refractivity contribution in [3.63, 3.8) is 0 Å². The Morgan fingerprint density at radius 1 is 1.29 bits per heavy atom. The van der Waals surface area contributed by atoms with Gasteiger partial charge >= 0.3 is 4.87 Å². The van der Waals surface area contributed by atoms with E-state index in [2.05, 4.69) is 4.72 Å². The summed E-state index contributed by atoms with van der Waals surface area (Å²) in [4.78, 5) is 12.3. The molecule has 1 aromatic carbocycles. The van der Waals surface area contributed by atoms with Crippen molar-refractivity contribution in [3.8, 4) is 0 Å². The second-order valence-corrected chi connectivity index (χ2v) is 9.76. The van der Waals surface area contributed by atoms with Crippen molar-refractivity contribution in [2.24, 2.45) is 11.8 Å². The van der Waals surface area contributed by atoms with Crippen molar-refractivity contribution < 1.29 is 8.42 Å². The molecule has 2 aliphatic rings. The predicted octanol–water partition coefficient (Wildman–Crippen LogP) is 2.94. The molecule has 1 N–H and O–H groups in total. The molecule has 2 bridgehead atoms. The van der Waals surface area contributed by atoms with Gasteiger partial charge in [0.05, 0.1) is 15.1 Å². The monoisotopic (exact) mass is 366 g/mol. The van der Waals surface area contributed by atoms with E-state index >= 15 is 0 Å². The molecule has 0 aliphatic heterocycles. The van der Waals surface area contributed by atoms with Crippen LogP contribution in [0.5, 0.6) is 0 Å². The first-order valence-electron chi connectivity index (χ1n) is 8.63. The Balaban J connectivity index is 1.64. The molecule has 2 fully saturated rings. The molecule has 130 valence electrons. The van der Waals surface area contributed by atoms with Crippen LogP contribution >= 0.6 is 11.3 Å². The fourth-order valence-corrected chi connectivity index (χ4v) is 6.68. The lowest BCUT2D eigenvalue weighted by Gasteiger charge is -2.22. The van der Waals surface area contributed by atoms with Gasteiger partial charge in [-0.15, -0.1) is 0 Å². The van der Waals surface area contributed by atoms with E-state index in [1.165, 1.54) is 6.42 Å². The minimum Gasteiger partial charge on any atom is -0.299 e. The topological polar surface area (TPSA) is 68.2 Å². The SMILES string of the molecule is CCCn1c(=O)sc2cc(S(=O)(=O)N[C@@H]3C[C@H]4CC[C@H]3C4)ccc21. The first-order valence-corrected chi connectivity index (χ1v) is 10.9. The maximum absolute atomic E-state index is 12.7. The molecule has 7 heteroatoms. The second kappa shape index (κ2) is 5.97. The van der Waals surface area contributed by atoms with Gasteiger partial charge in [0.1, 0.15) is 0 Å². The summed E-state index contributed by atoms with van der Waals surface area (Å²) < 4.78 is 30.8. The Morgan fingerprint density at radius 2 is 2.12 bits per heavy atom. The molecule has 0 spiro atoms. The van der Waals surface area contributed by atoms with Crippen LogP contribution in [-0.2, 0) is 16.6 Å². The van der Waals surface area contributed by atoms with Crippen LogP contribution in [0.15, 0.2) is 27.9 Å². The minimum absolute atomic E-state index is 0.0255. The maximum atomic E-state index is 12.7. The molecule has 0 saturated heterocycles. The van der Waals surface area contributed by atoms with E-state index in [4.69, 9.17) is 0 Å². The molecule has 1 aromatic heterocycles. The Labute approximate surface area is 145 Å². The van der Waals surface area contributed by atoms with Gasteiger partial charge in [-0.1, -0.05) is 24.7 Å². The van der Waals surface area contributed by atoms with Gasteiger partial charge in [-0.3, -0.25) is 9.36 Å². The van der Waals surface area contributed by atoms with Gasteiger partial charge in [-0.25, -0.2) is 13.1 Å². The van der Waals surface area contributed by atoms with E-state index in [1.54, 1.807) is 22.8 Å². The number of hydrogen-bond acceptors (Lipinski definition) is 4. The van der Waals surface area contributed by atoms with Crippen LogP contribution in [0.1, 0.15) is 39.0 Å². The summed E-state index contributed by atoms with van der Waals surface area (Å²) in [5, 5.41) is 0. The number of benzene rings is 1. The van der Waals surface area contributed by atoms with Crippen LogP contribution in [0.3, 0.4) is 0 Å². The highest BCUT2D eigenvalue weighted by Crippen LogP contribution is 2.44. The third kappa shape index (κ3) is 2.72. The number of thiazole rings is 1. The van der Waals surface area contributed by atoms with Gasteiger partial charge in [0, 0.05) is 12.6 Å². The number of fused-ring (bicyclic) bond motifs is 3. The fourth-order valence-electron chi connectivity index (χ4n) is 4.31. The molecule has 3 atom stereocenters. The zero-order valence-corrected chi connectivity index (χ0v) is 15.3. The fraction of sp³-hybridized carbons (Fsp3) is 0.588. The summed E-state index contributed by atoms with van der Waals surface area (Å²) in [7, 11) is -3.53. The molecule has 4 rings (SSSR count). The number of sulfonamides is 1. The molecule has 5 nitrogen and oxygen atoms in total. The maximum Gasteiger partial charge on any atom is 0.308 e. The highest BCUT2D eigenvalue weighted by molar-refractivity contribution is 7.89. The Kier molecular flexibility index (Phi) is 4.05. The number of aryl methyl sites for hydroxylation is 1. The van der Waals surface area contributed by atoms with Gasteiger partial charge in [0.25, 0.3) is 0 Å². The van der Waals surface area contributed by atoms with Crippen molar-refractivity contribution in [2.75, 3.05) is 0 Å². The lowest BCUT2D eigenvalue weighted by atomic mass is 9.96. The lowest BCUT2D eigenvalue weighted by molar-refractivity contribution is 0.390.